The fraction of sp³-hybridized carbons (Fsp3) is 0. The van der Waals surface area contributed by atoms with Crippen LogP contribution in [0.15, 0.2) is 19.0 Å². The van der Waals surface area contributed by atoms with Crippen molar-refractivity contribution in [2.24, 2.45) is 0 Å². The number of hydrogen-bond donors (Lipinski definition) is 2. The van der Waals surface area contributed by atoms with E-state index in [-0.39, 0.29) is 17.1 Å². The number of aromatic nitrogens is 2. The zero-order chi connectivity index (χ0) is 9.14. The quantitative estimate of drug-likeness (QED) is 0.632. The van der Waals surface area contributed by atoms with Crippen LogP contribution in [0.3, 0.4) is 0 Å². The fourth-order valence-corrected chi connectivity index (χ4v) is 0.587. The third-order valence-electron chi connectivity index (χ3n) is 1.17. The lowest BCUT2D eigenvalue weighted by atomic mass is 10.4. The van der Waals surface area contributed by atoms with E-state index in [4.69, 9.17) is 10.2 Å². The Balaban J connectivity index is 3.01. The van der Waals surface area contributed by atoms with E-state index in [9.17, 15) is 4.79 Å². The molecule has 0 saturated carbocycles. The summed E-state index contributed by atoms with van der Waals surface area (Å²) in [5.74, 6) is -1.39. The van der Waals surface area contributed by atoms with Gasteiger partial charge in [0.05, 0.1) is 12.4 Å². The first-order valence-corrected chi connectivity index (χ1v) is 3.05. The molecule has 2 N–H and O–H groups in total. The van der Waals surface area contributed by atoms with Gasteiger partial charge in [-0.3, -0.25) is 0 Å². The first kappa shape index (κ1) is 8.19. The lowest BCUT2D eigenvalue weighted by molar-refractivity contribution is 0.0690. The van der Waals surface area contributed by atoms with E-state index in [0.29, 0.717) is 0 Å². The van der Waals surface area contributed by atoms with Crippen molar-refractivity contribution in [1.82, 2.24) is 9.97 Å². The Kier molecular flexibility index (Phi) is 2.05. The number of aliphatic hydroxyl groups excluding tert-OH is 1. The van der Waals surface area contributed by atoms with Crippen LogP contribution in [0.2, 0.25) is 0 Å². The second kappa shape index (κ2) is 3.00. The van der Waals surface area contributed by atoms with E-state index < -0.39 is 5.97 Å². The molecule has 0 aliphatic carbocycles. The fourth-order valence-electron chi connectivity index (χ4n) is 0.587. The van der Waals surface area contributed by atoms with Crippen LogP contribution in [0.1, 0.15) is 16.2 Å². The first-order valence-electron chi connectivity index (χ1n) is 3.05. The number of carbonyl (C=O) groups is 1. The van der Waals surface area contributed by atoms with E-state index in [1.165, 1.54) is 0 Å². The van der Waals surface area contributed by atoms with Crippen molar-refractivity contribution in [3.8, 4) is 0 Å². The van der Waals surface area contributed by atoms with E-state index >= 15 is 0 Å². The minimum atomic E-state index is -1.15. The van der Waals surface area contributed by atoms with Crippen molar-refractivity contribution in [2.45, 2.75) is 0 Å². The average molecular weight is 166 g/mol. The van der Waals surface area contributed by atoms with E-state index in [2.05, 4.69) is 16.5 Å². The number of aromatic carboxylic acids is 1. The summed E-state index contributed by atoms with van der Waals surface area (Å²) >= 11 is 0. The van der Waals surface area contributed by atoms with Gasteiger partial charge in [0.25, 0.3) is 0 Å². The van der Waals surface area contributed by atoms with Gasteiger partial charge in [-0.05, 0) is 0 Å². The second-order valence-electron chi connectivity index (χ2n) is 2.04. The number of aliphatic hydroxyl groups is 1. The van der Waals surface area contributed by atoms with Crippen molar-refractivity contribution < 1.29 is 15.0 Å². The Morgan fingerprint density at radius 2 is 1.75 bits per heavy atom. The molecule has 1 aromatic heterocycles. The molecule has 0 radical (unpaired) electrons. The van der Waals surface area contributed by atoms with E-state index in [1.54, 1.807) is 0 Å². The molecule has 62 valence electrons. The van der Waals surface area contributed by atoms with Gasteiger partial charge in [0, 0.05) is 0 Å². The summed E-state index contributed by atoms with van der Waals surface area (Å²) in [6.07, 6.45) is 2.20. The lowest BCUT2D eigenvalue weighted by Gasteiger charge is -1.96. The predicted molar refractivity (Wildman–Crippen MR) is 40.7 cm³/mol. The molecule has 0 aromatic carbocycles. The van der Waals surface area contributed by atoms with Crippen molar-refractivity contribution in [3.63, 3.8) is 0 Å². The van der Waals surface area contributed by atoms with Gasteiger partial charge in [-0.2, -0.15) is 0 Å². The minimum Gasteiger partial charge on any atom is -0.506 e. The maximum atomic E-state index is 10.3. The average Bonchev–Trinajstić information content (AvgIpc) is 2.04. The lowest BCUT2D eigenvalue weighted by Crippen LogP contribution is -2.01. The van der Waals surface area contributed by atoms with Crippen LogP contribution in [0.4, 0.5) is 0 Å². The van der Waals surface area contributed by atoms with Crippen LogP contribution < -0.4 is 0 Å². The largest absolute Gasteiger partial charge is 0.506 e. The molecule has 1 heterocycles. The van der Waals surface area contributed by atoms with Gasteiger partial charge in [-0.1, -0.05) is 6.58 Å². The first-order chi connectivity index (χ1) is 5.61. The highest BCUT2D eigenvalue weighted by Crippen LogP contribution is 2.03. The van der Waals surface area contributed by atoms with Crippen molar-refractivity contribution in [3.05, 3.63) is 30.4 Å². The molecule has 0 saturated heterocycles. The zero-order valence-corrected chi connectivity index (χ0v) is 6.06. The van der Waals surface area contributed by atoms with Crippen LogP contribution in [-0.2, 0) is 0 Å². The number of nitrogens with zero attached hydrogens (tertiary/aromatic N) is 2. The molecule has 0 aliphatic rings. The van der Waals surface area contributed by atoms with Crippen LogP contribution in [0.25, 0.3) is 5.76 Å². The second-order valence-corrected chi connectivity index (χ2v) is 2.04. The Hall–Kier alpha value is -1.91. The molecule has 12 heavy (non-hydrogen) atoms. The molecule has 0 atom stereocenters. The normalized spacial score (nSPS) is 9.33. The molecular formula is C7H6N2O3. The molecule has 1 rings (SSSR count). The van der Waals surface area contributed by atoms with E-state index in [1.807, 2.05) is 0 Å². The summed E-state index contributed by atoms with van der Waals surface area (Å²) in [5.41, 5.74) is 0.000000000000000666. The summed E-state index contributed by atoms with van der Waals surface area (Å²) in [5, 5.41) is 17.2. The van der Waals surface area contributed by atoms with Gasteiger partial charge in [0.2, 0.25) is 0 Å². The highest BCUT2D eigenvalue weighted by Gasteiger charge is 2.05. The minimum absolute atomic E-state index is 0.167. The zero-order valence-electron chi connectivity index (χ0n) is 6.06. The topological polar surface area (TPSA) is 83.3 Å². The molecule has 5 nitrogen and oxygen atoms in total. The molecule has 0 fully saturated rings. The van der Waals surface area contributed by atoms with Gasteiger partial charge in [-0.15, -0.1) is 0 Å². The number of rotatable bonds is 2. The summed E-state index contributed by atoms with van der Waals surface area (Å²) in [6.45, 7) is 3.21. The highest BCUT2D eigenvalue weighted by atomic mass is 16.4. The standard InChI is InChI=1S/C7H6N2O3/c1-4(10)5-2-9-6(3-8-5)7(11)12/h2-3,10H,1H2,(H,11,12). The number of carboxylic acid groups (broad SMARTS) is 1. The van der Waals surface area contributed by atoms with Gasteiger partial charge in [0.15, 0.2) is 5.69 Å². The highest BCUT2D eigenvalue weighted by molar-refractivity contribution is 5.84. The van der Waals surface area contributed by atoms with Crippen molar-refractivity contribution in [1.29, 1.82) is 0 Å². The molecule has 0 unspecified atom stereocenters. The van der Waals surface area contributed by atoms with Gasteiger partial charge < -0.3 is 10.2 Å². The third kappa shape index (κ3) is 1.57. The molecule has 1 aromatic rings. The number of carboxylic acids is 1. The maximum Gasteiger partial charge on any atom is 0.356 e. The molecular weight excluding hydrogens is 160 g/mol. The maximum absolute atomic E-state index is 10.3. The summed E-state index contributed by atoms with van der Waals surface area (Å²) in [6, 6.07) is 0. The van der Waals surface area contributed by atoms with Crippen LogP contribution in [0, 0.1) is 0 Å². The summed E-state index contributed by atoms with van der Waals surface area (Å²) in [7, 11) is 0. The molecule has 0 aliphatic heterocycles. The Morgan fingerprint density at radius 1 is 1.25 bits per heavy atom. The molecule has 0 bridgehead atoms. The molecule has 5 heteroatoms. The van der Waals surface area contributed by atoms with Crippen molar-refractivity contribution in [2.75, 3.05) is 0 Å². The van der Waals surface area contributed by atoms with Crippen LogP contribution in [-0.4, -0.2) is 26.2 Å². The SMILES string of the molecule is C=C(O)c1cnc(C(=O)O)cn1. The van der Waals surface area contributed by atoms with Crippen LogP contribution in [0.5, 0.6) is 0 Å². The Morgan fingerprint density at radius 3 is 2.08 bits per heavy atom. The molecule has 0 spiro atoms. The van der Waals surface area contributed by atoms with Gasteiger partial charge >= 0.3 is 5.97 Å². The van der Waals surface area contributed by atoms with E-state index in [0.717, 1.165) is 12.4 Å². The van der Waals surface area contributed by atoms with Crippen molar-refractivity contribution >= 4 is 11.7 Å². The summed E-state index contributed by atoms with van der Waals surface area (Å²) < 4.78 is 0. The molecule has 0 amide bonds. The third-order valence-corrected chi connectivity index (χ3v) is 1.17. The Labute approximate surface area is 68.0 Å². The smallest absolute Gasteiger partial charge is 0.356 e. The van der Waals surface area contributed by atoms with Gasteiger partial charge in [0.1, 0.15) is 11.5 Å². The van der Waals surface area contributed by atoms with Crippen LogP contribution >= 0.6 is 0 Å². The monoisotopic (exact) mass is 166 g/mol. The Bertz CT molecular complexity index is 285. The predicted octanol–water partition coefficient (Wildman–Crippen LogP) is 0.704. The summed E-state index contributed by atoms with van der Waals surface area (Å²) in [4.78, 5) is 17.4. The number of hydrogen-bond acceptors (Lipinski definition) is 4. The van der Waals surface area contributed by atoms with Gasteiger partial charge in [-0.25, -0.2) is 14.8 Å².